The number of para-hydroxylation sites is 1. The van der Waals surface area contributed by atoms with Crippen molar-refractivity contribution in [2.45, 2.75) is 0 Å². The standard InChI is InChI=1S/C17H13Cl3N2O3/c18-12-7-5-11(9-14(12)20)6-8-16(23)21-22-17(24)10-25-15-4-2-1-3-13(15)19/h1-9H,10H2,(H,21,23)(H,22,24)/b8-6+. The van der Waals surface area contributed by atoms with Gasteiger partial charge in [-0.25, -0.2) is 0 Å². The Balaban J connectivity index is 1.77. The highest BCUT2D eigenvalue weighted by Crippen LogP contribution is 2.23. The molecule has 0 aliphatic carbocycles. The van der Waals surface area contributed by atoms with Gasteiger partial charge in [-0.1, -0.05) is 53.0 Å². The van der Waals surface area contributed by atoms with Crippen molar-refractivity contribution in [3.8, 4) is 5.75 Å². The third-order valence-electron chi connectivity index (χ3n) is 2.89. The molecule has 0 aromatic heterocycles. The highest BCUT2D eigenvalue weighted by atomic mass is 35.5. The predicted molar refractivity (Wildman–Crippen MR) is 98.7 cm³/mol. The second kappa shape index (κ2) is 9.32. The van der Waals surface area contributed by atoms with E-state index in [9.17, 15) is 9.59 Å². The number of carbonyl (C=O) groups excluding carboxylic acids is 2. The molecule has 0 bridgehead atoms. The number of hydrazine groups is 1. The quantitative estimate of drug-likeness (QED) is 0.592. The van der Waals surface area contributed by atoms with E-state index >= 15 is 0 Å². The van der Waals surface area contributed by atoms with Gasteiger partial charge in [0.25, 0.3) is 11.8 Å². The summed E-state index contributed by atoms with van der Waals surface area (Å²) in [5, 5.41) is 1.20. The Kier molecular flexibility index (Phi) is 7.13. The van der Waals surface area contributed by atoms with Crippen molar-refractivity contribution >= 4 is 52.7 Å². The first kappa shape index (κ1) is 19.1. The summed E-state index contributed by atoms with van der Waals surface area (Å²) in [5.41, 5.74) is 5.15. The molecular weight excluding hydrogens is 387 g/mol. The Morgan fingerprint density at radius 1 is 0.960 bits per heavy atom. The van der Waals surface area contributed by atoms with Gasteiger partial charge >= 0.3 is 0 Å². The van der Waals surface area contributed by atoms with E-state index in [1.165, 1.54) is 12.2 Å². The van der Waals surface area contributed by atoms with Gasteiger partial charge in [0.15, 0.2) is 6.61 Å². The maximum absolute atomic E-state index is 11.7. The van der Waals surface area contributed by atoms with E-state index in [1.54, 1.807) is 42.5 Å². The average Bonchev–Trinajstić information content (AvgIpc) is 2.60. The summed E-state index contributed by atoms with van der Waals surface area (Å²) in [4.78, 5) is 23.3. The van der Waals surface area contributed by atoms with Crippen LogP contribution in [0.2, 0.25) is 15.1 Å². The number of ether oxygens (including phenoxy) is 1. The Bertz CT molecular complexity index is 809. The minimum Gasteiger partial charge on any atom is -0.482 e. The molecule has 8 heteroatoms. The van der Waals surface area contributed by atoms with Gasteiger partial charge in [0.1, 0.15) is 5.75 Å². The van der Waals surface area contributed by atoms with Crippen LogP contribution in [0.15, 0.2) is 48.5 Å². The van der Waals surface area contributed by atoms with Gasteiger partial charge in [-0.15, -0.1) is 0 Å². The van der Waals surface area contributed by atoms with Gasteiger partial charge in [0, 0.05) is 6.08 Å². The second-order valence-corrected chi connectivity index (χ2v) is 5.99. The number of benzene rings is 2. The minimum atomic E-state index is -0.531. The third kappa shape index (κ3) is 6.31. The van der Waals surface area contributed by atoms with E-state index in [0.29, 0.717) is 26.4 Å². The number of carbonyl (C=O) groups is 2. The maximum Gasteiger partial charge on any atom is 0.276 e. The molecule has 0 radical (unpaired) electrons. The third-order valence-corrected chi connectivity index (χ3v) is 3.94. The zero-order valence-electron chi connectivity index (χ0n) is 12.8. The van der Waals surface area contributed by atoms with Crippen LogP contribution in [-0.2, 0) is 9.59 Å². The number of amides is 2. The van der Waals surface area contributed by atoms with Crippen molar-refractivity contribution in [2.75, 3.05) is 6.61 Å². The average molecular weight is 400 g/mol. The van der Waals surface area contributed by atoms with Crippen molar-refractivity contribution < 1.29 is 14.3 Å². The Morgan fingerprint density at radius 2 is 1.72 bits per heavy atom. The number of rotatable bonds is 5. The zero-order valence-corrected chi connectivity index (χ0v) is 15.0. The van der Waals surface area contributed by atoms with Crippen LogP contribution in [0.3, 0.4) is 0 Å². The minimum absolute atomic E-state index is 0.291. The van der Waals surface area contributed by atoms with Gasteiger partial charge < -0.3 is 4.74 Å². The molecule has 25 heavy (non-hydrogen) atoms. The summed E-state index contributed by atoms with van der Waals surface area (Å²) in [5.74, 6) is -0.668. The SMILES string of the molecule is O=C(/C=C/c1ccc(Cl)c(Cl)c1)NNC(=O)COc1ccccc1Cl. The largest absolute Gasteiger partial charge is 0.482 e. The lowest BCUT2D eigenvalue weighted by atomic mass is 10.2. The fourth-order valence-electron chi connectivity index (χ4n) is 1.70. The van der Waals surface area contributed by atoms with Crippen LogP contribution in [0.4, 0.5) is 0 Å². The van der Waals surface area contributed by atoms with E-state index in [4.69, 9.17) is 39.5 Å². The Labute approximate surface area is 159 Å². The van der Waals surface area contributed by atoms with Crippen molar-refractivity contribution in [2.24, 2.45) is 0 Å². The molecule has 0 atom stereocenters. The lowest BCUT2D eigenvalue weighted by Crippen LogP contribution is -2.43. The van der Waals surface area contributed by atoms with Gasteiger partial charge in [-0.05, 0) is 35.9 Å². The van der Waals surface area contributed by atoms with Gasteiger partial charge in [-0.2, -0.15) is 0 Å². The highest BCUT2D eigenvalue weighted by molar-refractivity contribution is 6.42. The monoisotopic (exact) mass is 398 g/mol. The smallest absolute Gasteiger partial charge is 0.276 e. The number of nitrogens with one attached hydrogen (secondary N) is 2. The topological polar surface area (TPSA) is 67.4 Å². The van der Waals surface area contributed by atoms with Crippen LogP contribution in [-0.4, -0.2) is 18.4 Å². The molecule has 2 amide bonds. The van der Waals surface area contributed by atoms with E-state index < -0.39 is 11.8 Å². The number of hydrogen-bond donors (Lipinski definition) is 2. The van der Waals surface area contributed by atoms with Crippen LogP contribution < -0.4 is 15.6 Å². The van der Waals surface area contributed by atoms with E-state index in [0.717, 1.165) is 0 Å². The van der Waals surface area contributed by atoms with Gasteiger partial charge in [0.2, 0.25) is 0 Å². The molecular formula is C17H13Cl3N2O3. The fourth-order valence-corrected chi connectivity index (χ4v) is 2.20. The molecule has 0 saturated carbocycles. The molecule has 0 unspecified atom stereocenters. The molecule has 0 saturated heterocycles. The molecule has 0 heterocycles. The van der Waals surface area contributed by atoms with E-state index in [1.807, 2.05) is 0 Å². The summed E-state index contributed by atoms with van der Waals surface area (Å²) in [6.07, 6.45) is 2.78. The first-order valence-electron chi connectivity index (χ1n) is 7.05. The van der Waals surface area contributed by atoms with Crippen LogP contribution in [0, 0.1) is 0 Å². The molecule has 0 spiro atoms. The van der Waals surface area contributed by atoms with E-state index in [2.05, 4.69) is 10.9 Å². The van der Waals surface area contributed by atoms with Crippen molar-refractivity contribution in [1.82, 2.24) is 10.9 Å². The molecule has 5 nitrogen and oxygen atoms in total. The van der Waals surface area contributed by atoms with E-state index in [-0.39, 0.29) is 6.61 Å². The molecule has 2 aromatic carbocycles. The first-order valence-corrected chi connectivity index (χ1v) is 8.18. The summed E-state index contributed by atoms with van der Waals surface area (Å²) in [6, 6.07) is 11.7. The van der Waals surface area contributed by atoms with Crippen LogP contribution in [0.25, 0.3) is 6.08 Å². The maximum atomic E-state index is 11.7. The summed E-state index contributed by atoms with van der Waals surface area (Å²) in [7, 11) is 0. The van der Waals surface area contributed by atoms with Gasteiger partial charge in [0.05, 0.1) is 15.1 Å². The van der Waals surface area contributed by atoms with Crippen molar-refractivity contribution in [3.63, 3.8) is 0 Å². The van der Waals surface area contributed by atoms with Gasteiger partial charge in [-0.3, -0.25) is 20.4 Å². The van der Waals surface area contributed by atoms with Crippen LogP contribution in [0.1, 0.15) is 5.56 Å². The molecule has 0 aliphatic heterocycles. The Hall–Kier alpha value is -2.21. The fraction of sp³-hybridized carbons (Fsp3) is 0.0588. The lowest BCUT2D eigenvalue weighted by molar-refractivity contribution is -0.128. The normalized spacial score (nSPS) is 10.5. The molecule has 2 N–H and O–H groups in total. The highest BCUT2D eigenvalue weighted by Gasteiger charge is 2.06. The number of hydrogen-bond acceptors (Lipinski definition) is 3. The Morgan fingerprint density at radius 3 is 2.44 bits per heavy atom. The molecule has 130 valence electrons. The predicted octanol–water partition coefficient (Wildman–Crippen LogP) is 3.89. The molecule has 0 fully saturated rings. The zero-order chi connectivity index (χ0) is 18.2. The second-order valence-electron chi connectivity index (χ2n) is 4.76. The molecule has 2 rings (SSSR count). The van der Waals surface area contributed by atoms with Crippen LogP contribution >= 0.6 is 34.8 Å². The lowest BCUT2D eigenvalue weighted by Gasteiger charge is -2.08. The molecule has 2 aromatic rings. The number of halogens is 3. The summed E-state index contributed by atoms with van der Waals surface area (Å²) >= 11 is 17.6. The van der Waals surface area contributed by atoms with Crippen LogP contribution in [0.5, 0.6) is 5.75 Å². The molecule has 0 aliphatic rings. The van der Waals surface area contributed by atoms with Crippen molar-refractivity contribution in [1.29, 1.82) is 0 Å². The summed E-state index contributed by atoms with van der Waals surface area (Å²) < 4.78 is 5.24. The summed E-state index contributed by atoms with van der Waals surface area (Å²) in [6.45, 7) is -0.291. The van der Waals surface area contributed by atoms with Crippen molar-refractivity contribution in [3.05, 3.63) is 69.2 Å². The first-order chi connectivity index (χ1) is 12.0.